The predicted molar refractivity (Wildman–Crippen MR) is 128 cm³/mol. The largest absolute Gasteiger partial charge is 0.460 e. The van der Waals surface area contributed by atoms with Crippen molar-refractivity contribution in [2.45, 2.75) is 155 Å². The summed E-state index contributed by atoms with van der Waals surface area (Å²) in [6.45, 7) is 8.45. The van der Waals surface area contributed by atoms with Crippen LogP contribution in [0.2, 0.25) is 0 Å². The van der Waals surface area contributed by atoms with Crippen LogP contribution in [0, 0.1) is 0 Å². The zero-order valence-corrected chi connectivity index (χ0v) is 21.2. The minimum absolute atomic E-state index is 0.297. The summed E-state index contributed by atoms with van der Waals surface area (Å²) in [7, 11) is 0. The molecule has 2 atom stereocenters. The molecule has 0 amide bonds. The van der Waals surface area contributed by atoms with Crippen LogP contribution in [-0.4, -0.2) is 46.6 Å². The third-order valence-corrected chi connectivity index (χ3v) is 5.87. The first-order valence-corrected chi connectivity index (χ1v) is 13.2. The molecule has 0 aliphatic heterocycles. The van der Waals surface area contributed by atoms with E-state index in [0.717, 1.165) is 103 Å². The van der Waals surface area contributed by atoms with Crippen LogP contribution >= 0.6 is 0 Å². The van der Waals surface area contributed by atoms with Gasteiger partial charge < -0.3 is 19.7 Å². The predicted octanol–water partition coefficient (Wildman–Crippen LogP) is 5.85. The molecule has 0 bridgehead atoms. The van der Waals surface area contributed by atoms with E-state index < -0.39 is 24.1 Å². The lowest BCUT2D eigenvalue weighted by molar-refractivity contribution is -0.179. The van der Waals surface area contributed by atoms with E-state index in [-0.39, 0.29) is 12.2 Å². The van der Waals surface area contributed by atoms with Crippen LogP contribution in [0.4, 0.5) is 0 Å². The fourth-order valence-corrected chi connectivity index (χ4v) is 3.74. The third-order valence-electron chi connectivity index (χ3n) is 5.87. The Morgan fingerprint density at radius 1 is 0.531 bits per heavy atom. The van der Waals surface area contributed by atoms with Gasteiger partial charge in [0, 0.05) is 0 Å². The maximum Gasteiger partial charge on any atom is 0.338 e. The second-order valence-corrected chi connectivity index (χ2v) is 8.99. The zero-order valence-electron chi connectivity index (χ0n) is 21.2. The molecule has 190 valence electrons. The van der Waals surface area contributed by atoms with E-state index >= 15 is 0 Å². The van der Waals surface area contributed by atoms with Gasteiger partial charge in [0.25, 0.3) is 0 Å². The van der Waals surface area contributed by atoms with Crippen molar-refractivity contribution in [3.05, 3.63) is 0 Å². The van der Waals surface area contributed by atoms with Gasteiger partial charge in [-0.15, -0.1) is 0 Å². The number of hydrogen-bond donors (Lipinski definition) is 2. The van der Waals surface area contributed by atoms with Gasteiger partial charge in [0.15, 0.2) is 12.2 Å². The zero-order chi connectivity index (χ0) is 24.2. The Morgan fingerprint density at radius 3 is 1.00 bits per heavy atom. The fourth-order valence-electron chi connectivity index (χ4n) is 3.74. The minimum atomic E-state index is -1.92. The fraction of sp³-hybridized carbons (Fsp3) is 0.923. The first-order valence-electron chi connectivity index (χ1n) is 13.2. The van der Waals surface area contributed by atoms with Crippen LogP contribution in [-0.2, 0) is 19.1 Å². The van der Waals surface area contributed by atoms with Crippen molar-refractivity contribution < 1.29 is 29.3 Å². The molecule has 6 nitrogen and oxygen atoms in total. The number of unbranched alkanes of at least 4 members (excludes halogenated alkanes) is 8. The smallest absolute Gasteiger partial charge is 0.338 e. The molecule has 32 heavy (non-hydrogen) atoms. The van der Waals surface area contributed by atoms with E-state index in [1.807, 2.05) is 0 Å². The molecule has 6 heteroatoms. The SMILES string of the molecule is CCCCCC(CCCCC)OC(=O)[C@H](O)[C@@H](O)C(=O)OC(CCCCC)CCCCC. The standard InChI is InChI=1S/C26H50O6/c1-5-9-13-17-21(18-14-10-6-2)31-25(29)23(27)24(28)26(30)32-22(19-15-11-7-3)20-16-12-8-4/h21-24,27-28H,5-20H2,1-4H3/t23-,24-/m1/s1. The summed E-state index contributed by atoms with van der Waals surface area (Å²) < 4.78 is 11.0. The quantitative estimate of drug-likeness (QED) is 0.165. The molecule has 0 heterocycles. The van der Waals surface area contributed by atoms with Crippen molar-refractivity contribution in [3.8, 4) is 0 Å². The molecule has 0 spiro atoms. The lowest BCUT2D eigenvalue weighted by Gasteiger charge is -2.23. The maximum absolute atomic E-state index is 12.4. The summed E-state index contributed by atoms with van der Waals surface area (Å²) >= 11 is 0. The van der Waals surface area contributed by atoms with Gasteiger partial charge in [0.2, 0.25) is 0 Å². The van der Waals surface area contributed by atoms with Crippen LogP contribution < -0.4 is 0 Å². The van der Waals surface area contributed by atoms with Crippen LogP contribution in [0.5, 0.6) is 0 Å². The third kappa shape index (κ3) is 14.8. The number of esters is 2. The van der Waals surface area contributed by atoms with Crippen molar-refractivity contribution >= 4 is 11.9 Å². The monoisotopic (exact) mass is 458 g/mol. The van der Waals surface area contributed by atoms with E-state index in [9.17, 15) is 19.8 Å². The lowest BCUT2D eigenvalue weighted by atomic mass is 10.0. The molecule has 0 aliphatic rings. The second-order valence-electron chi connectivity index (χ2n) is 8.99. The van der Waals surface area contributed by atoms with Crippen LogP contribution in [0.15, 0.2) is 0 Å². The highest BCUT2D eigenvalue weighted by Crippen LogP contribution is 2.18. The maximum atomic E-state index is 12.4. The normalized spacial score (nSPS) is 13.4. The molecule has 0 aromatic carbocycles. The van der Waals surface area contributed by atoms with Gasteiger partial charge in [-0.3, -0.25) is 0 Å². The Kier molecular flexibility index (Phi) is 19.7. The Balaban J connectivity index is 4.80. The summed E-state index contributed by atoms with van der Waals surface area (Å²) in [4.78, 5) is 24.9. The van der Waals surface area contributed by atoms with E-state index in [4.69, 9.17) is 9.47 Å². The summed E-state index contributed by atoms with van der Waals surface area (Å²) in [5, 5.41) is 20.5. The minimum Gasteiger partial charge on any atom is -0.460 e. The molecule has 0 aliphatic carbocycles. The van der Waals surface area contributed by atoms with E-state index in [1.165, 1.54) is 0 Å². The molecular weight excluding hydrogens is 408 g/mol. The van der Waals surface area contributed by atoms with Gasteiger partial charge in [-0.25, -0.2) is 9.59 Å². The van der Waals surface area contributed by atoms with Crippen LogP contribution in [0.25, 0.3) is 0 Å². The molecule has 0 unspecified atom stereocenters. The highest BCUT2D eigenvalue weighted by atomic mass is 16.6. The first kappa shape index (κ1) is 30.9. The average molecular weight is 459 g/mol. The number of hydrogen-bond acceptors (Lipinski definition) is 6. The lowest BCUT2D eigenvalue weighted by Crippen LogP contribution is -2.43. The highest BCUT2D eigenvalue weighted by Gasteiger charge is 2.35. The first-order chi connectivity index (χ1) is 15.4. The van der Waals surface area contributed by atoms with Crippen molar-refractivity contribution in [1.82, 2.24) is 0 Å². The molecule has 0 aromatic heterocycles. The molecule has 0 saturated heterocycles. The van der Waals surface area contributed by atoms with E-state index in [2.05, 4.69) is 27.7 Å². The Bertz CT molecular complexity index is 405. The van der Waals surface area contributed by atoms with Crippen molar-refractivity contribution in [1.29, 1.82) is 0 Å². The van der Waals surface area contributed by atoms with Crippen LogP contribution in [0.3, 0.4) is 0 Å². The number of ether oxygens (including phenoxy) is 2. The molecule has 0 radical (unpaired) electrons. The number of aliphatic hydroxyl groups is 2. The highest BCUT2D eigenvalue weighted by molar-refractivity contribution is 5.85. The number of carbonyl (C=O) groups is 2. The summed E-state index contributed by atoms with van der Waals surface area (Å²) in [5.41, 5.74) is 0. The number of aliphatic hydroxyl groups excluding tert-OH is 2. The Morgan fingerprint density at radius 2 is 0.781 bits per heavy atom. The van der Waals surface area contributed by atoms with Crippen molar-refractivity contribution in [2.75, 3.05) is 0 Å². The summed E-state index contributed by atoms with van der Waals surface area (Å²) in [5.74, 6) is -1.89. The molecule has 0 saturated carbocycles. The van der Waals surface area contributed by atoms with Gasteiger partial charge in [-0.05, 0) is 51.4 Å². The van der Waals surface area contributed by atoms with E-state index in [0.29, 0.717) is 0 Å². The van der Waals surface area contributed by atoms with Gasteiger partial charge >= 0.3 is 11.9 Å². The second kappa shape index (κ2) is 20.5. The van der Waals surface area contributed by atoms with Crippen molar-refractivity contribution in [2.24, 2.45) is 0 Å². The van der Waals surface area contributed by atoms with Gasteiger partial charge in [-0.2, -0.15) is 0 Å². The summed E-state index contributed by atoms with van der Waals surface area (Å²) in [6.07, 6.45) is 10.7. The Hall–Kier alpha value is -1.14. The Labute approximate surface area is 196 Å². The molecule has 0 aromatic rings. The topological polar surface area (TPSA) is 93.1 Å². The van der Waals surface area contributed by atoms with Crippen LogP contribution in [0.1, 0.15) is 130 Å². The molecule has 2 N–H and O–H groups in total. The van der Waals surface area contributed by atoms with Gasteiger partial charge in [0.1, 0.15) is 12.2 Å². The summed E-state index contributed by atoms with van der Waals surface area (Å²) in [6, 6.07) is 0. The number of rotatable bonds is 21. The average Bonchev–Trinajstić information content (AvgIpc) is 2.78. The molecule has 0 rings (SSSR count). The van der Waals surface area contributed by atoms with Gasteiger partial charge in [0.05, 0.1) is 0 Å². The van der Waals surface area contributed by atoms with E-state index in [1.54, 1.807) is 0 Å². The van der Waals surface area contributed by atoms with Crippen molar-refractivity contribution in [3.63, 3.8) is 0 Å². The number of carbonyl (C=O) groups excluding carboxylic acids is 2. The van der Waals surface area contributed by atoms with Gasteiger partial charge in [-0.1, -0.05) is 79.1 Å². The molecule has 0 fully saturated rings. The molecular formula is C26H50O6.